The Morgan fingerprint density at radius 2 is 1.60 bits per heavy atom. The second-order valence-corrected chi connectivity index (χ2v) is 5.28. The molecule has 0 spiro atoms. The van der Waals surface area contributed by atoms with E-state index in [9.17, 15) is 0 Å². The Bertz CT molecular complexity index is 587. The molecule has 0 unspecified atom stereocenters. The van der Waals surface area contributed by atoms with Gasteiger partial charge in [0.25, 0.3) is 0 Å². The molecule has 0 amide bonds. The van der Waals surface area contributed by atoms with E-state index >= 15 is 0 Å². The van der Waals surface area contributed by atoms with Gasteiger partial charge in [0.1, 0.15) is 12.0 Å². The first-order valence-electron chi connectivity index (χ1n) is 6.68. The van der Waals surface area contributed by atoms with Crippen LogP contribution in [0.15, 0.2) is 24.5 Å². The maximum Gasteiger partial charge on any atom is 0.159 e. The third kappa shape index (κ3) is 3.38. The summed E-state index contributed by atoms with van der Waals surface area (Å²) in [5.41, 5.74) is 10.00. The van der Waals surface area contributed by atoms with Crippen LogP contribution in [0, 0.1) is 13.8 Å². The Morgan fingerprint density at radius 1 is 1.00 bits per heavy atom. The topological polar surface area (TPSA) is 75.9 Å². The number of nitrogens with two attached hydrogens (primary N) is 1. The Morgan fingerprint density at radius 3 is 2.20 bits per heavy atom. The largest absolute Gasteiger partial charge is 0.393 e. The summed E-state index contributed by atoms with van der Waals surface area (Å²) >= 11 is 0. The first kappa shape index (κ1) is 14.1. The van der Waals surface area contributed by atoms with Crippen LogP contribution in [0.25, 0.3) is 0 Å². The number of rotatable bonds is 4. The summed E-state index contributed by atoms with van der Waals surface area (Å²) in [7, 11) is 0. The van der Waals surface area contributed by atoms with Crippen LogP contribution in [0.3, 0.4) is 0 Å². The van der Waals surface area contributed by atoms with Crippen molar-refractivity contribution in [3.63, 3.8) is 0 Å². The molecule has 0 saturated carbocycles. The van der Waals surface area contributed by atoms with Crippen LogP contribution in [0.2, 0.25) is 0 Å². The van der Waals surface area contributed by atoms with Crippen LogP contribution in [0.5, 0.6) is 0 Å². The predicted octanol–water partition coefficient (Wildman–Crippen LogP) is 3.24. The van der Waals surface area contributed by atoms with Gasteiger partial charge in [0.05, 0.1) is 0 Å². The van der Waals surface area contributed by atoms with E-state index in [1.807, 2.05) is 13.8 Å². The molecule has 5 nitrogen and oxygen atoms in total. The number of aryl methyl sites for hydroxylation is 2. The third-order valence-corrected chi connectivity index (χ3v) is 2.79. The molecule has 0 bridgehead atoms. The highest BCUT2D eigenvalue weighted by atomic mass is 15.1. The first-order valence-corrected chi connectivity index (χ1v) is 6.68. The number of nitrogen functional groups attached to an aromatic ring is 1. The third-order valence-electron chi connectivity index (χ3n) is 2.79. The minimum Gasteiger partial charge on any atom is -0.393 e. The van der Waals surface area contributed by atoms with Crippen molar-refractivity contribution >= 4 is 23.0 Å². The molecule has 0 saturated heterocycles. The van der Waals surface area contributed by atoms with Gasteiger partial charge in [0.2, 0.25) is 0 Å². The summed E-state index contributed by atoms with van der Waals surface area (Å²) in [5, 5.41) is 6.46. The number of anilines is 4. The Hall–Kier alpha value is -2.30. The Labute approximate surface area is 119 Å². The van der Waals surface area contributed by atoms with E-state index in [1.165, 1.54) is 17.5 Å². The van der Waals surface area contributed by atoms with Gasteiger partial charge < -0.3 is 16.4 Å². The molecule has 1 heterocycles. The average Bonchev–Trinajstić information content (AvgIpc) is 2.32. The summed E-state index contributed by atoms with van der Waals surface area (Å²) in [6, 6.07) is 6.51. The van der Waals surface area contributed by atoms with E-state index in [0.717, 1.165) is 5.69 Å². The lowest BCUT2D eigenvalue weighted by Crippen LogP contribution is -2.14. The molecule has 1 aromatic carbocycles. The minimum absolute atomic E-state index is 0.265. The van der Waals surface area contributed by atoms with Crippen molar-refractivity contribution in [2.45, 2.75) is 33.7 Å². The molecule has 0 aliphatic carbocycles. The summed E-state index contributed by atoms with van der Waals surface area (Å²) in [6.07, 6.45) is 1.51. The normalized spacial score (nSPS) is 10.7. The Kier molecular flexibility index (Phi) is 4.08. The predicted molar refractivity (Wildman–Crippen MR) is 84.4 cm³/mol. The summed E-state index contributed by atoms with van der Waals surface area (Å²) in [5.74, 6) is 1.27. The van der Waals surface area contributed by atoms with Gasteiger partial charge in [-0.15, -0.1) is 0 Å². The van der Waals surface area contributed by atoms with E-state index in [2.05, 4.69) is 52.6 Å². The molecule has 0 radical (unpaired) electrons. The summed E-state index contributed by atoms with van der Waals surface area (Å²) in [4.78, 5) is 8.38. The second-order valence-electron chi connectivity index (χ2n) is 5.28. The van der Waals surface area contributed by atoms with Crippen LogP contribution in [-0.4, -0.2) is 16.0 Å². The van der Waals surface area contributed by atoms with Gasteiger partial charge in [0.15, 0.2) is 11.6 Å². The fraction of sp³-hybridized carbons (Fsp3) is 0.333. The van der Waals surface area contributed by atoms with E-state index in [1.54, 1.807) is 0 Å². The van der Waals surface area contributed by atoms with Gasteiger partial charge in [0, 0.05) is 11.7 Å². The number of benzene rings is 1. The molecule has 20 heavy (non-hydrogen) atoms. The van der Waals surface area contributed by atoms with Gasteiger partial charge in [-0.25, -0.2) is 9.97 Å². The van der Waals surface area contributed by atoms with Crippen molar-refractivity contribution in [2.24, 2.45) is 0 Å². The Balaban J connectivity index is 2.29. The van der Waals surface area contributed by atoms with Gasteiger partial charge >= 0.3 is 0 Å². The highest BCUT2D eigenvalue weighted by Crippen LogP contribution is 2.26. The zero-order chi connectivity index (χ0) is 14.7. The molecular weight excluding hydrogens is 250 g/mol. The lowest BCUT2D eigenvalue weighted by Gasteiger charge is -2.14. The van der Waals surface area contributed by atoms with Crippen LogP contribution >= 0.6 is 0 Å². The lowest BCUT2D eigenvalue weighted by atomic mass is 10.1. The van der Waals surface area contributed by atoms with Gasteiger partial charge in [-0.2, -0.15) is 0 Å². The van der Waals surface area contributed by atoms with E-state index < -0.39 is 0 Å². The highest BCUT2D eigenvalue weighted by molar-refractivity contribution is 5.77. The monoisotopic (exact) mass is 271 g/mol. The molecule has 0 atom stereocenters. The van der Waals surface area contributed by atoms with Crippen molar-refractivity contribution in [3.8, 4) is 0 Å². The molecule has 4 N–H and O–H groups in total. The fourth-order valence-corrected chi connectivity index (χ4v) is 2.07. The van der Waals surface area contributed by atoms with Gasteiger partial charge in [-0.3, -0.25) is 0 Å². The molecule has 1 aromatic heterocycles. The zero-order valence-corrected chi connectivity index (χ0v) is 12.4. The number of nitrogens with one attached hydrogen (secondary N) is 2. The minimum atomic E-state index is 0.265. The quantitative estimate of drug-likeness (QED) is 0.796. The average molecular weight is 271 g/mol. The van der Waals surface area contributed by atoms with E-state index in [0.29, 0.717) is 17.3 Å². The lowest BCUT2D eigenvalue weighted by molar-refractivity contribution is 0.887. The van der Waals surface area contributed by atoms with Crippen LogP contribution < -0.4 is 16.4 Å². The molecule has 5 heteroatoms. The smallest absolute Gasteiger partial charge is 0.159 e. The molecule has 106 valence electrons. The number of hydrogen-bond donors (Lipinski definition) is 3. The molecular formula is C15H21N5. The van der Waals surface area contributed by atoms with Crippen LogP contribution in [0.4, 0.5) is 23.0 Å². The van der Waals surface area contributed by atoms with Crippen molar-refractivity contribution in [1.82, 2.24) is 9.97 Å². The standard InChI is InChI=1S/C15H21N5/c1-9(2)19-14-13(16)15(18-8-17-14)20-12-6-10(3)5-11(4)7-12/h5-9H,16H2,1-4H3,(H2,17,18,19,20). The first-order chi connectivity index (χ1) is 9.45. The van der Waals surface area contributed by atoms with E-state index in [4.69, 9.17) is 5.73 Å². The number of nitrogens with zero attached hydrogens (tertiary/aromatic N) is 2. The van der Waals surface area contributed by atoms with Crippen molar-refractivity contribution in [2.75, 3.05) is 16.4 Å². The summed E-state index contributed by atoms with van der Waals surface area (Å²) in [6.45, 7) is 8.21. The molecule has 0 aliphatic heterocycles. The molecule has 2 aromatic rings. The fourth-order valence-electron chi connectivity index (χ4n) is 2.07. The molecule has 0 fully saturated rings. The van der Waals surface area contributed by atoms with Crippen LogP contribution in [-0.2, 0) is 0 Å². The zero-order valence-electron chi connectivity index (χ0n) is 12.4. The number of hydrogen-bond acceptors (Lipinski definition) is 5. The van der Waals surface area contributed by atoms with Gasteiger partial charge in [-0.1, -0.05) is 6.07 Å². The number of aromatic nitrogens is 2. The van der Waals surface area contributed by atoms with E-state index in [-0.39, 0.29) is 6.04 Å². The van der Waals surface area contributed by atoms with Crippen molar-refractivity contribution in [3.05, 3.63) is 35.7 Å². The summed E-state index contributed by atoms with van der Waals surface area (Å²) < 4.78 is 0. The molecule has 2 rings (SSSR count). The van der Waals surface area contributed by atoms with Gasteiger partial charge in [-0.05, 0) is 51.0 Å². The SMILES string of the molecule is Cc1cc(C)cc(Nc2ncnc(NC(C)C)c2N)c1. The maximum absolute atomic E-state index is 6.11. The molecule has 0 aliphatic rings. The van der Waals surface area contributed by atoms with Crippen molar-refractivity contribution in [1.29, 1.82) is 0 Å². The second kappa shape index (κ2) is 5.77. The van der Waals surface area contributed by atoms with Crippen LogP contribution in [0.1, 0.15) is 25.0 Å². The van der Waals surface area contributed by atoms with Crippen molar-refractivity contribution < 1.29 is 0 Å². The maximum atomic E-state index is 6.11. The highest BCUT2D eigenvalue weighted by Gasteiger charge is 2.09.